The van der Waals surface area contributed by atoms with Crippen molar-refractivity contribution in [3.8, 4) is 0 Å². The first-order valence-corrected chi connectivity index (χ1v) is 6.86. The predicted octanol–water partition coefficient (Wildman–Crippen LogP) is 2.56. The van der Waals surface area contributed by atoms with Gasteiger partial charge in [-0.3, -0.25) is 19.9 Å². The van der Waals surface area contributed by atoms with E-state index in [9.17, 15) is 14.9 Å². The summed E-state index contributed by atoms with van der Waals surface area (Å²) in [6.45, 7) is 3.22. The van der Waals surface area contributed by atoms with Gasteiger partial charge in [0, 0.05) is 55.0 Å². The highest BCUT2D eigenvalue weighted by atomic mass is 16.6. The SMILES string of the molecule is CC1CN(c2ccc([N+](=O)[O-])c3cnccc23)CCC1=O. The number of pyridine rings is 1. The predicted molar refractivity (Wildman–Crippen MR) is 79.4 cm³/mol. The highest BCUT2D eigenvalue weighted by Crippen LogP contribution is 2.34. The molecule has 6 heteroatoms. The second-order valence-electron chi connectivity index (χ2n) is 5.35. The second kappa shape index (κ2) is 5.12. The molecule has 2 aromatic rings. The molecule has 1 unspecified atom stereocenters. The number of hydrogen-bond acceptors (Lipinski definition) is 5. The van der Waals surface area contributed by atoms with Crippen LogP contribution >= 0.6 is 0 Å². The molecule has 1 aliphatic heterocycles. The van der Waals surface area contributed by atoms with E-state index in [0.29, 0.717) is 24.9 Å². The topological polar surface area (TPSA) is 76.3 Å². The van der Waals surface area contributed by atoms with Crippen LogP contribution in [0.3, 0.4) is 0 Å². The molecule has 0 radical (unpaired) electrons. The number of carbonyl (C=O) groups is 1. The van der Waals surface area contributed by atoms with E-state index < -0.39 is 4.92 Å². The van der Waals surface area contributed by atoms with Gasteiger partial charge >= 0.3 is 0 Å². The number of anilines is 1. The van der Waals surface area contributed by atoms with Crippen molar-refractivity contribution in [2.75, 3.05) is 18.0 Å². The van der Waals surface area contributed by atoms with Crippen LogP contribution in [0, 0.1) is 16.0 Å². The van der Waals surface area contributed by atoms with Crippen molar-refractivity contribution in [3.63, 3.8) is 0 Å². The van der Waals surface area contributed by atoms with E-state index in [-0.39, 0.29) is 17.4 Å². The summed E-state index contributed by atoms with van der Waals surface area (Å²) in [5.74, 6) is 0.268. The van der Waals surface area contributed by atoms with Crippen molar-refractivity contribution in [2.24, 2.45) is 5.92 Å². The highest BCUT2D eigenvalue weighted by molar-refractivity contribution is 6.00. The van der Waals surface area contributed by atoms with E-state index in [0.717, 1.165) is 11.1 Å². The van der Waals surface area contributed by atoms with Gasteiger partial charge in [-0.15, -0.1) is 0 Å². The third kappa shape index (κ3) is 2.33. The maximum atomic E-state index is 11.7. The van der Waals surface area contributed by atoms with Gasteiger partial charge in [0.15, 0.2) is 0 Å². The number of benzene rings is 1. The van der Waals surface area contributed by atoms with E-state index in [4.69, 9.17) is 0 Å². The van der Waals surface area contributed by atoms with Gasteiger partial charge in [0.25, 0.3) is 5.69 Å². The van der Waals surface area contributed by atoms with Crippen molar-refractivity contribution >= 4 is 27.9 Å². The number of nitro groups is 1. The molecular weight excluding hydrogens is 270 g/mol. The fraction of sp³-hybridized carbons (Fsp3) is 0.333. The fourth-order valence-corrected chi connectivity index (χ4v) is 2.83. The third-order valence-electron chi connectivity index (χ3n) is 3.98. The normalized spacial score (nSPS) is 19.0. The minimum atomic E-state index is -0.393. The Hall–Kier alpha value is -2.50. The number of aromatic nitrogens is 1. The van der Waals surface area contributed by atoms with Crippen LogP contribution in [0.15, 0.2) is 30.6 Å². The van der Waals surface area contributed by atoms with Crippen molar-refractivity contribution in [2.45, 2.75) is 13.3 Å². The van der Waals surface area contributed by atoms with E-state index in [1.54, 1.807) is 18.3 Å². The minimum absolute atomic E-state index is 0.00849. The molecule has 0 N–H and O–H groups in total. The van der Waals surface area contributed by atoms with Gasteiger partial charge in [0.2, 0.25) is 0 Å². The summed E-state index contributed by atoms with van der Waals surface area (Å²) in [6.07, 6.45) is 3.67. The lowest BCUT2D eigenvalue weighted by molar-refractivity contribution is -0.383. The molecule has 1 atom stereocenters. The summed E-state index contributed by atoms with van der Waals surface area (Å²) in [7, 11) is 0. The number of ketones is 1. The zero-order chi connectivity index (χ0) is 15.0. The Kier molecular flexibility index (Phi) is 3.29. The van der Waals surface area contributed by atoms with Crippen molar-refractivity contribution in [1.82, 2.24) is 4.98 Å². The Balaban J connectivity index is 2.10. The molecule has 0 amide bonds. The number of rotatable bonds is 2. The summed E-state index contributed by atoms with van der Waals surface area (Å²) in [6, 6.07) is 5.07. The summed E-state index contributed by atoms with van der Waals surface area (Å²) in [5.41, 5.74) is 0.986. The molecule has 21 heavy (non-hydrogen) atoms. The number of nitrogens with zero attached hydrogens (tertiary/aromatic N) is 3. The maximum absolute atomic E-state index is 11.7. The summed E-state index contributed by atoms with van der Waals surface area (Å²) < 4.78 is 0. The Labute approximate surface area is 121 Å². The molecule has 0 bridgehead atoms. The number of non-ortho nitro benzene ring substituents is 1. The van der Waals surface area contributed by atoms with Gasteiger partial charge in [-0.05, 0) is 12.1 Å². The molecule has 108 valence electrons. The number of Topliss-reactive ketones (excluding diaryl/α,β-unsaturated/α-hetero) is 1. The van der Waals surface area contributed by atoms with Crippen molar-refractivity contribution in [3.05, 3.63) is 40.7 Å². The standard InChI is InChI=1S/C15H15N3O3/c1-10-9-17(7-5-15(10)19)13-2-3-14(18(20)21)12-8-16-6-4-11(12)13/h2-4,6,8,10H,5,7,9H2,1H3. The van der Waals surface area contributed by atoms with Crippen LogP contribution in [-0.4, -0.2) is 28.8 Å². The summed E-state index contributed by atoms with van der Waals surface area (Å²) in [4.78, 5) is 28.5. The molecule has 6 nitrogen and oxygen atoms in total. The van der Waals surface area contributed by atoms with Gasteiger partial charge in [-0.2, -0.15) is 0 Å². The minimum Gasteiger partial charge on any atom is -0.370 e. The Morgan fingerprint density at radius 1 is 1.33 bits per heavy atom. The maximum Gasteiger partial charge on any atom is 0.278 e. The average molecular weight is 285 g/mol. The Morgan fingerprint density at radius 3 is 2.86 bits per heavy atom. The van der Waals surface area contributed by atoms with Crippen molar-refractivity contribution in [1.29, 1.82) is 0 Å². The highest BCUT2D eigenvalue weighted by Gasteiger charge is 2.25. The molecule has 0 saturated carbocycles. The smallest absolute Gasteiger partial charge is 0.278 e. The zero-order valence-electron chi connectivity index (χ0n) is 11.7. The van der Waals surface area contributed by atoms with E-state index >= 15 is 0 Å². The van der Waals surface area contributed by atoms with Gasteiger partial charge in [-0.1, -0.05) is 6.92 Å². The molecule has 0 spiro atoms. The summed E-state index contributed by atoms with van der Waals surface area (Å²) >= 11 is 0. The molecule has 3 rings (SSSR count). The lowest BCUT2D eigenvalue weighted by Gasteiger charge is -2.32. The first kappa shape index (κ1) is 13.5. The van der Waals surface area contributed by atoms with Crippen LogP contribution in [-0.2, 0) is 4.79 Å². The molecule has 1 aromatic carbocycles. The lowest BCUT2D eigenvalue weighted by atomic mass is 9.97. The van der Waals surface area contributed by atoms with Crippen LogP contribution in [0.4, 0.5) is 11.4 Å². The Bertz CT molecular complexity index is 729. The fourth-order valence-electron chi connectivity index (χ4n) is 2.83. The van der Waals surface area contributed by atoms with Gasteiger partial charge < -0.3 is 4.90 Å². The van der Waals surface area contributed by atoms with Crippen LogP contribution in [0.2, 0.25) is 0 Å². The molecule has 2 heterocycles. The Morgan fingerprint density at radius 2 is 2.14 bits per heavy atom. The van der Waals surface area contributed by atoms with Crippen molar-refractivity contribution < 1.29 is 9.72 Å². The van der Waals surface area contributed by atoms with Crippen LogP contribution in [0.1, 0.15) is 13.3 Å². The van der Waals surface area contributed by atoms with Crippen LogP contribution in [0.5, 0.6) is 0 Å². The van der Waals surface area contributed by atoms with Crippen LogP contribution in [0.25, 0.3) is 10.8 Å². The first-order valence-electron chi connectivity index (χ1n) is 6.86. The van der Waals surface area contributed by atoms with Gasteiger partial charge in [-0.25, -0.2) is 0 Å². The largest absolute Gasteiger partial charge is 0.370 e. The van der Waals surface area contributed by atoms with E-state index in [2.05, 4.69) is 9.88 Å². The molecule has 1 fully saturated rings. The third-order valence-corrected chi connectivity index (χ3v) is 3.98. The molecule has 0 aliphatic carbocycles. The molecule has 1 aromatic heterocycles. The molecular formula is C15H15N3O3. The zero-order valence-corrected chi connectivity index (χ0v) is 11.7. The van der Waals surface area contributed by atoms with Gasteiger partial charge in [0.1, 0.15) is 5.78 Å². The molecule has 1 saturated heterocycles. The first-order chi connectivity index (χ1) is 10.1. The van der Waals surface area contributed by atoms with E-state index in [1.807, 2.05) is 6.92 Å². The van der Waals surface area contributed by atoms with E-state index in [1.165, 1.54) is 12.3 Å². The quantitative estimate of drug-likeness (QED) is 0.626. The lowest BCUT2D eigenvalue weighted by Crippen LogP contribution is -2.39. The molecule has 1 aliphatic rings. The number of hydrogen-bond donors (Lipinski definition) is 0. The average Bonchev–Trinajstić information content (AvgIpc) is 2.49. The second-order valence-corrected chi connectivity index (χ2v) is 5.35. The number of piperidine rings is 1. The number of nitro benzene ring substituents is 1. The monoisotopic (exact) mass is 285 g/mol. The summed E-state index contributed by atoms with van der Waals surface area (Å²) in [5, 5.41) is 12.5. The van der Waals surface area contributed by atoms with Gasteiger partial charge in [0.05, 0.1) is 10.3 Å². The van der Waals surface area contributed by atoms with Crippen LogP contribution < -0.4 is 4.90 Å². The number of fused-ring (bicyclic) bond motifs is 1. The number of carbonyl (C=O) groups excluding carboxylic acids is 1.